The average molecular weight is 584 g/mol. The smallest absolute Gasteiger partial charge is 0.242 e. The van der Waals surface area contributed by atoms with Gasteiger partial charge in [-0.05, 0) is 45.5 Å². The number of rotatable bonds is 7. The molecular weight excluding hydrogens is 557 g/mol. The molecule has 2 nitrogen and oxygen atoms in total. The van der Waals surface area contributed by atoms with E-state index in [1.807, 2.05) is 36.4 Å². The SMILES string of the molecule is Fc1ccnc(-c2cccc(B(c3cccc(-c4cc(F)ccn4)c3)c3c(-c4ccccc4)cccc3-c3ccccc3)c2)c1. The number of hydrogen-bond donors (Lipinski definition) is 0. The number of pyridine rings is 2. The number of halogens is 2. The van der Waals surface area contributed by atoms with E-state index in [4.69, 9.17) is 0 Å². The van der Waals surface area contributed by atoms with Crippen molar-refractivity contribution in [3.63, 3.8) is 0 Å². The van der Waals surface area contributed by atoms with E-state index < -0.39 is 0 Å². The van der Waals surface area contributed by atoms with Crippen molar-refractivity contribution in [2.75, 3.05) is 0 Å². The Hall–Kier alpha value is -5.68. The minimum Gasteiger partial charge on any atom is -0.256 e. The predicted octanol–water partition coefficient (Wildman–Crippen LogP) is 7.94. The van der Waals surface area contributed by atoms with Crippen LogP contribution in [0.2, 0.25) is 0 Å². The molecule has 214 valence electrons. The number of benzene rings is 5. The molecule has 0 unspecified atom stereocenters. The molecule has 0 N–H and O–H groups in total. The molecule has 0 bridgehead atoms. The van der Waals surface area contributed by atoms with Crippen LogP contribution in [0.15, 0.2) is 164 Å². The van der Waals surface area contributed by atoms with Crippen LogP contribution < -0.4 is 16.4 Å². The standard InChI is InChI=1S/C40H27BF2N2/c42-34-20-22-44-38(26-34)30-14-7-16-32(24-30)41(33-17-8-15-31(25-33)39-27-35(43)21-23-45-39)40-36(28-10-3-1-4-11-28)18-9-19-37(40)29-12-5-2-6-13-29/h1-27H. The second-order valence-electron chi connectivity index (χ2n) is 10.9. The van der Waals surface area contributed by atoms with Gasteiger partial charge >= 0.3 is 0 Å². The fraction of sp³-hybridized carbons (Fsp3) is 0. The second-order valence-corrected chi connectivity index (χ2v) is 10.9. The van der Waals surface area contributed by atoms with Gasteiger partial charge in [-0.3, -0.25) is 9.97 Å². The monoisotopic (exact) mass is 584 g/mol. The van der Waals surface area contributed by atoms with E-state index in [0.717, 1.165) is 49.8 Å². The molecular formula is C40H27BF2N2. The van der Waals surface area contributed by atoms with E-state index in [-0.39, 0.29) is 18.3 Å². The first-order chi connectivity index (χ1) is 22.1. The highest BCUT2D eigenvalue weighted by molar-refractivity contribution is 6.97. The van der Waals surface area contributed by atoms with Crippen molar-refractivity contribution in [1.29, 1.82) is 0 Å². The van der Waals surface area contributed by atoms with Crippen LogP contribution in [0.1, 0.15) is 0 Å². The summed E-state index contributed by atoms with van der Waals surface area (Å²) < 4.78 is 28.6. The van der Waals surface area contributed by atoms with Crippen molar-refractivity contribution < 1.29 is 8.78 Å². The molecule has 0 aliphatic carbocycles. The van der Waals surface area contributed by atoms with Gasteiger partial charge in [0.05, 0.1) is 11.4 Å². The Morgan fingerprint density at radius 2 is 0.822 bits per heavy atom. The van der Waals surface area contributed by atoms with Gasteiger partial charge in [-0.15, -0.1) is 0 Å². The highest BCUT2D eigenvalue weighted by Crippen LogP contribution is 2.27. The van der Waals surface area contributed by atoms with E-state index in [1.54, 1.807) is 0 Å². The molecule has 2 heterocycles. The zero-order valence-corrected chi connectivity index (χ0v) is 24.3. The molecule has 0 aliphatic heterocycles. The van der Waals surface area contributed by atoms with Gasteiger partial charge in [-0.25, -0.2) is 8.78 Å². The summed E-state index contributed by atoms with van der Waals surface area (Å²) in [6.45, 7) is -0.251. The third kappa shape index (κ3) is 5.93. The highest BCUT2D eigenvalue weighted by atomic mass is 19.1. The summed E-state index contributed by atoms with van der Waals surface area (Å²) in [6, 6.07) is 49.1. The largest absolute Gasteiger partial charge is 0.256 e. The van der Waals surface area contributed by atoms with Crippen molar-refractivity contribution in [3.05, 3.63) is 176 Å². The summed E-state index contributed by atoms with van der Waals surface area (Å²) in [5.41, 5.74) is 10.3. The molecule has 2 aromatic heterocycles. The van der Waals surface area contributed by atoms with Crippen molar-refractivity contribution in [2.45, 2.75) is 0 Å². The van der Waals surface area contributed by atoms with Crippen LogP contribution in [0.4, 0.5) is 8.78 Å². The molecule has 7 rings (SSSR count). The van der Waals surface area contributed by atoms with Crippen LogP contribution in [0, 0.1) is 11.6 Å². The van der Waals surface area contributed by atoms with Crippen LogP contribution >= 0.6 is 0 Å². The zero-order valence-electron chi connectivity index (χ0n) is 24.3. The first-order valence-electron chi connectivity index (χ1n) is 14.8. The second kappa shape index (κ2) is 12.5. The molecule has 0 fully saturated rings. The Labute approximate surface area is 261 Å². The van der Waals surface area contributed by atoms with E-state index in [9.17, 15) is 8.78 Å². The molecule has 0 spiro atoms. The first-order valence-corrected chi connectivity index (χ1v) is 14.8. The Balaban J connectivity index is 1.52. The Morgan fingerprint density at radius 3 is 1.27 bits per heavy atom. The van der Waals surface area contributed by atoms with Crippen LogP contribution in [-0.4, -0.2) is 16.7 Å². The van der Waals surface area contributed by atoms with E-state index in [0.29, 0.717) is 11.4 Å². The van der Waals surface area contributed by atoms with Crippen molar-refractivity contribution in [3.8, 4) is 44.8 Å². The average Bonchev–Trinajstić information content (AvgIpc) is 3.09. The normalized spacial score (nSPS) is 10.9. The lowest BCUT2D eigenvalue weighted by Crippen LogP contribution is -2.53. The summed E-state index contributed by atoms with van der Waals surface area (Å²) in [5, 5.41) is 0. The van der Waals surface area contributed by atoms with Gasteiger partial charge < -0.3 is 0 Å². The molecule has 7 aromatic rings. The van der Waals surface area contributed by atoms with Crippen molar-refractivity contribution >= 4 is 23.1 Å². The lowest BCUT2D eigenvalue weighted by Gasteiger charge is -2.24. The van der Waals surface area contributed by atoms with Crippen molar-refractivity contribution in [2.24, 2.45) is 0 Å². The summed E-state index contributed by atoms with van der Waals surface area (Å²) in [4.78, 5) is 8.93. The molecule has 0 atom stereocenters. The van der Waals surface area contributed by atoms with Gasteiger partial charge in [0, 0.05) is 24.5 Å². The fourth-order valence-electron chi connectivity index (χ4n) is 6.02. The van der Waals surface area contributed by atoms with Gasteiger partial charge in [0.1, 0.15) is 11.6 Å². The number of aromatic nitrogens is 2. The predicted molar refractivity (Wildman–Crippen MR) is 181 cm³/mol. The Kier molecular flexibility index (Phi) is 7.82. The van der Waals surface area contributed by atoms with Crippen LogP contribution in [0.3, 0.4) is 0 Å². The minimum atomic E-state index is -0.335. The summed E-state index contributed by atoms with van der Waals surface area (Å²) in [7, 11) is 0. The lowest BCUT2D eigenvalue weighted by molar-refractivity contribution is 0.626. The topological polar surface area (TPSA) is 25.8 Å². The fourth-order valence-corrected chi connectivity index (χ4v) is 6.02. The zero-order chi connectivity index (χ0) is 30.6. The Morgan fingerprint density at radius 1 is 0.400 bits per heavy atom. The van der Waals surface area contributed by atoms with E-state index in [1.165, 1.54) is 36.7 Å². The summed E-state index contributed by atoms with van der Waals surface area (Å²) in [5.74, 6) is -0.670. The summed E-state index contributed by atoms with van der Waals surface area (Å²) in [6.07, 6.45) is 2.98. The molecule has 0 saturated heterocycles. The van der Waals surface area contributed by atoms with Crippen LogP contribution in [0.25, 0.3) is 44.8 Å². The number of nitrogens with zero attached hydrogens (tertiary/aromatic N) is 2. The lowest BCUT2D eigenvalue weighted by atomic mass is 9.35. The number of hydrogen-bond acceptors (Lipinski definition) is 2. The molecule has 0 radical (unpaired) electrons. The third-order valence-electron chi connectivity index (χ3n) is 8.04. The first kappa shape index (κ1) is 28.1. The maximum Gasteiger partial charge on any atom is 0.242 e. The van der Waals surface area contributed by atoms with Gasteiger partial charge in [-0.2, -0.15) is 0 Å². The van der Waals surface area contributed by atoms with Gasteiger partial charge in [-0.1, -0.05) is 144 Å². The molecule has 5 aromatic carbocycles. The van der Waals surface area contributed by atoms with E-state index >= 15 is 0 Å². The summed E-state index contributed by atoms with van der Waals surface area (Å²) >= 11 is 0. The Bertz CT molecular complexity index is 1950. The maximum atomic E-state index is 14.3. The van der Waals surface area contributed by atoms with Crippen molar-refractivity contribution in [1.82, 2.24) is 9.97 Å². The highest BCUT2D eigenvalue weighted by Gasteiger charge is 2.29. The quantitative estimate of drug-likeness (QED) is 0.178. The maximum absolute atomic E-state index is 14.3. The molecule has 5 heteroatoms. The van der Waals surface area contributed by atoms with Gasteiger partial charge in [0.2, 0.25) is 6.71 Å². The van der Waals surface area contributed by atoms with Gasteiger partial charge in [0.15, 0.2) is 0 Å². The van der Waals surface area contributed by atoms with E-state index in [2.05, 4.69) is 101 Å². The third-order valence-corrected chi connectivity index (χ3v) is 8.04. The van der Waals surface area contributed by atoms with Crippen LogP contribution in [-0.2, 0) is 0 Å². The molecule has 45 heavy (non-hydrogen) atoms. The molecule has 0 aliphatic rings. The molecule has 0 amide bonds. The van der Waals surface area contributed by atoms with Crippen LogP contribution in [0.5, 0.6) is 0 Å². The molecule has 0 saturated carbocycles. The minimum absolute atomic E-state index is 0.251. The van der Waals surface area contributed by atoms with Gasteiger partial charge in [0.25, 0.3) is 0 Å².